The lowest BCUT2D eigenvalue weighted by Gasteiger charge is -2.16. The largest absolute Gasteiger partial charge is 0.508 e. The highest BCUT2D eigenvalue weighted by atomic mass is 127. The number of halogens is 1. The van der Waals surface area contributed by atoms with E-state index < -0.39 is 0 Å². The zero-order chi connectivity index (χ0) is 12.3. The van der Waals surface area contributed by atoms with Gasteiger partial charge in [-0.2, -0.15) is 0 Å². The molecule has 1 unspecified atom stereocenters. The Kier molecular flexibility index (Phi) is 3.89. The van der Waals surface area contributed by atoms with E-state index in [1.165, 1.54) is 3.57 Å². The lowest BCUT2D eigenvalue weighted by Crippen LogP contribution is -2.06. The number of rotatable bonds is 3. The van der Waals surface area contributed by atoms with Crippen LogP contribution in [0.2, 0.25) is 0 Å². The Hall–Kier alpha value is -1.23. The van der Waals surface area contributed by atoms with Crippen molar-refractivity contribution in [3.8, 4) is 5.75 Å². The predicted octanol–water partition coefficient (Wildman–Crippen LogP) is 4.17. The van der Waals surface area contributed by atoms with Crippen LogP contribution in [0.15, 0.2) is 48.5 Å². The minimum Gasteiger partial charge on any atom is -0.508 e. The normalized spacial score (nSPS) is 12.1. The Morgan fingerprint density at radius 2 is 1.88 bits per heavy atom. The van der Waals surface area contributed by atoms with Crippen molar-refractivity contribution in [3.63, 3.8) is 0 Å². The van der Waals surface area contributed by atoms with Crippen LogP contribution in [0, 0.1) is 3.57 Å². The third-order valence-electron chi connectivity index (χ3n) is 2.61. The first kappa shape index (κ1) is 12.2. The molecule has 88 valence electrons. The molecule has 0 aromatic heterocycles. The number of para-hydroxylation sites is 1. The first-order valence-corrected chi connectivity index (χ1v) is 6.54. The van der Waals surface area contributed by atoms with Gasteiger partial charge >= 0.3 is 0 Å². The summed E-state index contributed by atoms with van der Waals surface area (Å²) >= 11 is 2.28. The highest BCUT2D eigenvalue weighted by molar-refractivity contribution is 14.1. The molecule has 0 fully saturated rings. The van der Waals surface area contributed by atoms with Crippen LogP contribution in [-0.2, 0) is 0 Å². The average Bonchev–Trinajstić information content (AvgIpc) is 2.29. The number of nitrogens with one attached hydrogen (secondary N) is 1. The number of hydrogen-bond donors (Lipinski definition) is 2. The third kappa shape index (κ3) is 3.12. The Labute approximate surface area is 115 Å². The van der Waals surface area contributed by atoms with Gasteiger partial charge < -0.3 is 10.4 Å². The van der Waals surface area contributed by atoms with Crippen molar-refractivity contribution in [2.24, 2.45) is 0 Å². The summed E-state index contributed by atoms with van der Waals surface area (Å²) in [5.41, 5.74) is 1.97. The zero-order valence-corrected chi connectivity index (χ0v) is 11.7. The Morgan fingerprint density at radius 3 is 2.59 bits per heavy atom. The van der Waals surface area contributed by atoms with Crippen molar-refractivity contribution >= 4 is 28.3 Å². The van der Waals surface area contributed by atoms with Gasteiger partial charge in [-0.25, -0.2) is 0 Å². The molecule has 2 aromatic carbocycles. The summed E-state index contributed by atoms with van der Waals surface area (Å²) in [6.07, 6.45) is 0. The standard InChI is InChI=1S/C14H14INO/c1-10(13-7-2-3-8-14(13)17)16-12-6-4-5-11(15)9-12/h2-10,16-17H,1H3. The van der Waals surface area contributed by atoms with Gasteiger partial charge in [-0.05, 0) is 53.8 Å². The van der Waals surface area contributed by atoms with E-state index in [4.69, 9.17) is 0 Å². The number of phenols is 1. The summed E-state index contributed by atoms with van der Waals surface area (Å²) in [6.45, 7) is 2.04. The number of hydrogen-bond acceptors (Lipinski definition) is 2. The summed E-state index contributed by atoms with van der Waals surface area (Å²) in [4.78, 5) is 0. The molecule has 0 aliphatic rings. The first-order chi connectivity index (χ1) is 8.16. The van der Waals surface area contributed by atoms with Gasteiger partial charge in [0.1, 0.15) is 5.75 Å². The first-order valence-electron chi connectivity index (χ1n) is 5.47. The fraction of sp³-hybridized carbons (Fsp3) is 0.143. The molecule has 0 amide bonds. The molecule has 0 heterocycles. The van der Waals surface area contributed by atoms with Gasteiger partial charge in [0.2, 0.25) is 0 Å². The molecular weight excluding hydrogens is 325 g/mol. The molecule has 1 atom stereocenters. The summed E-state index contributed by atoms with van der Waals surface area (Å²) in [6, 6.07) is 15.7. The van der Waals surface area contributed by atoms with Crippen LogP contribution in [0.3, 0.4) is 0 Å². The number of benzene rings is 2. The molecule has 0 spiro atoms. The monoisotopic (exact) mass is 339 g/mol. The van der Waals surface area contributed by atoms with Gasteiger partial charge in [0.05, 0.1) is 6.04 Å². The Bertz CT molecular complexity index is 513. The molecule has 2 aromatic rings. The van der Waals surface area contributed by atoms with Crippen molar-refractivity contribution in [1.82, 2.24) is 0 Å². The second-order valence-electron chi connectivity index (χ2n) is 3.94. The van der Waals surface area contributed by atoms with E-state index in [-0.39, 0.29) is 6.04 Å². The average molecular weight is 339 g/mol. The molecule has 0 aliphatic heterocycles. The maximum absolute atomic E-state index is 9.77. The van der Waals surface area contributed by atoms with Crippen molar-refractivity contribution in [2.45, 2.75) is 13.0 Å². The van der Waals surface area contributed by atoms with Crippen LogP contribution >= 0.6 is 22.6 Å². The van der Waals surface area contributed by atoms with Crippen molar-refractivity contribution in [2.75, 3.05) is 5.32 Å². The smallest absolute Gasteiger partial charge is 0.120 e. The summed E-state index contributed by atoms with van der Waals surface area (Å²) in [7, 11) is 0. The molecule has 0 radical (unpaired) electrons. The molecule has 3 heteroatoms. The van der Waals surface area contributed by atoms with Gasteiger partial charge in [0.25, 0.3) is 0 Å². The SMILES string of the molecule is CC(Nc1cccc(I)c1)c1ccccc1O. The molecule has 0 saturated carbocycles. The second kappa shape index (κ2) is 5.40. The summed E-state index contributed by atoms with van der Waals surface area (Å²) in [5.74, 6) is 0.332. The molecule has 17 heavy (non-hydrogen) atoms. The molecule has 2 nitrogen and oxygen atoms in total. The number of phenolic OH excluding ortho intramolecular Hbond substituents is 1. The van der Waals surface area contributed by atoms with Crippen LogP contribution in [0.1, 0.15) is 18.5 Å². The molecular formula is C14H14INO. The van der Waals surface area contributed by atoms with Gasteiger partial charge in [0, 0.05) is 14.8 Å². The van der Waals surface area contributed by atoms with Crippen LogP contribution < -0.4 is 5.32 Å². The minimum absolute atomic E-state index is 0.0781. The Balaban J connectivity index is 2.17. The quantitative estimate of drug-likeness (QED) is 0.823. The second-order valence-corrected chi connectivity index (χ2v) is 5.18. The zero-order valence-electron chi connectivity index (χ0n) is 9.52. The molecule has 2 N–H and O–H groups in total. The van der Waals surface area contributed by atoms with E-state index in [0.717, 1.165) is 11.3 Å². The van der Waals surface area contributed by atoms with Crippen LogP contribution in [0.4, 0.5) is 5.69 Å². The topological polar surface area (TPSA) is 32.3 Å². The summed E-state index contributed by atoms with van der Waals surface area (Å²) in [5, 5.41) is 13.1. The van der Waals surface area contributed by atoms with Crippen LogP contribution in [0.25, 0.3) is 0 Å². The van der Waals surface area contributed by atoms with Crippen molar-refractivity contribution < 1.29 is 5.11 Å². The van der Waals surface area contributed by atoms with E-state index >= 15 is 0 Å². The van der Waals surface area contributed by atoms with Gasteiger partial charge in [0.15, 0.2) is 0 Å². The van der Waals surface area contributed by atoms with Crippen molar-refractivity contribution in [1.29, 1.82) is 0 Å². The van der Waals surface area contributed by atoms with Crippen molar-refractivity contribution in [3.05, 3.63) is 57.7 Å². The Morgan fingerprint density at radius 1 is 1.12 bits per heavy atom. The van der Waals surface area contributed by atoms with Crippen LogP contribution in [0.5, 0.6) is 5.75 Å². The van der Waals surface area contributed by atoms with E-state index in [1.807, 2.05) is 37.3 Å². The fourth-order valence-corrected chi connectivity index (χ4v) is 2.30. The highest BCUT2D eigenvalue weighted by Gasteiger charge is 2.09. The van der Waals surface area contributed by atoms with Crippen LogP contribution in [-0.4, -0.2) is 5.11 Å². The van der Waals surface area contributed by atoms with E-state index in [2.05, 4.69) is 40.0 Å². The third-order valence-corrected chi connectivity index (χ3v) is 3.28. The molecule has 0 saturated heterocycles. The maximum atomic E-state index is 9.77. The minimum atomic E-state index is 0.0781. The van der Waals surface area contributed by atoms with Gasteiger partial charge in [-0.1, -0.05) is 24.3 Å². The highest BCUT2D eigenvalue weighted by Crippen LogP contribution is 2.26. The van der Waals surface area contributed by atoms with E-state index in [9.17, 15) is 5.11 Å². The summed E-state index contributed by atoms with van der Waals surface area (Å²) < 4.78 is 1.19. The maximum Gasteiger partial charge on any atom is 0.120 e. The molecule has 0 aliphatic carbocycles. The van der Waals surface area contributed by atoms with Gasteiger partial charge in [-0.3, -0.25) is 0 Å². The predicted molar refractivity (Wildman–Crippen MR) is 79.3 cm³/mol. The lowest BCUT2D eigenvalue weighted by atomic mass is 10.1. The van der Waals surface area contributed by atoms with E-state index in [1.54, 1.807) is 6.07 Å². The van der Waals surface area contributed by atoms with Gasteiger partial charge in [-0.15, -0.1) is 0 Å². The molecule has 2 rings (SSSR count). The number of aromatic hydroxyl groups is 1. The lowest BCUT2D eigenvalue weighted by molar-refractivity contribution is 0.465. The fourth-order valence-electron chi connectivity index (χ4n) is 1.76. The van der Waals surface area contributed by atoms with E-state index in [0.29, 0.717) is 5.75 Å². The number of anilines is 1. The molecule has 0 bridgehead atoms.